The number of rotatable bonds is 3. The number of anilines is 2. The lowest BCUT2D eigenvalue weighted by Gasteiger charge is -2.11. The summed E-state index contributed by atoms with van der Waals surface area (Å²) in [6, 6.07) is 7.61. The molecule has 0 aliphatic carbocycles. The average Bonchev–Trinajstić information content (AvgIpc) is 2.74. The lowest BCUT2D eigenvalue weighted by atomic mass is 10.2. The number of hydrogen-bond donors (Lipinski definition) is 1. The van der Waals surface area contributed by atoms with Gasteiger partial charge in [-0.3, -0.25) is 9.36 Å². The van der Waals surface area contributed by atoms with Gasteiger partial charge in [-0.05, 0) is 18.6 Å². The van der Waals surface area contributed by atoms with Gasteiger partial charge in [0, 0.05) is 26.8 Å². The maximum absolute atomic E-state index is 12.2. The van der Waals surface area contributed by atoms with Crippen molar-refractivity contribution in [1.29, 1.82) is 0 Å². The zero-order valence-electron chi connectivity index (χ0n) is 11.5. The smallest absolute Gasteiger partial charge is 0.293 e. The largest absolute Gasteiger partial charge is 0.347 e. The fourth-order valence-electron chi connectivity index (χ4n) is 1.80. The van der Waals surface area contributed by atoms with E-state index in [1.54, 1.807) is 16.5 Å². The first-order chi connectivity index (χ1) is 9.00. The summed E-state index contributed by atoms with van der Waals surface area (Å²) in [4.78, 5) is 14.0. The summed E-state index contributed by atoms with van der Waals surface area (Å²) in [6.45, 7) is 1.94. The molecule has 0 radical (unpaired) electrons. The maximum atomic E-state index is 12.2. The lowest BCUT2D eigenvalue weighted by Crippen LogP contribution is -2.20. The Bertz CT molecular complexity index is 603. The second kappa shape index (κ2) is 5.09. The van der Waals surface area contributed by atoms with Gasteiger partial charge in [-0.25, -0.2) is 0 Å². The first-order valence-corrected chi connectivity index (χ1v) is 5.94. The van der Waals surface area contributed by atoms with Crippen LogP contribution < -0.4 is 10.2 Å². The highest BCUT2D eigenvalue weighted by atomic mass is 16.2. The monoisotopic (exact) mass is 259 g/mol. The van der Waals surface area contributed by atoms with Crippen molar-refractivity contribution >= 4 is 17.5 Å². The molecule has 0 unspecified atom stereocenters. The summed E-state index contributed by atoms with van der Waals surface area (Å²) >= 11 is 0. The van der Waals surface area contributed by atoms with Gasteiger partial charge in [0.05, 0.1) is 0 Å². The minimum Gasteiger partial charge on any atom is -0.347 e. The predicted octanol–water partition coefficient (Wildman–Crippen LogP) is 1.44. The molecule has 0 aliphatic heterocycles. The lowest BCUT2D eigenvalue weighted by molar-refractivity contribution is 0.101. The van der Waals surface area contributed by atoms with Crippen molar-refractivity contribution in [3.8, 4) is 0 Å². The van der Waals surface area contributed by atoms with Gasteiger partial charge < -0.3 is 10.2 Å². The normalized spacial score (nSPS) is 10.3. The summed E-state index contributed by atoms with van der Waals surface area (Å²) in [6.07, 6.45) is 0. The average molecular weight is 259 g/mol. The topological polar surface area (TPSA) is 63.1 Å². The minimum absolute atomic E-state index is 0.266. The molecule has 6 heteroatoms. The summed E-state index contributed by atoms with van der Waals surface area (Å²) in [5.74, 6) is 0.652. The van der Waals surface area contributed by atoms with Crippen LogP contribution >= 0.6 is 0 Å². The predicted molar refractivity (Wildman–Crippen MR) is 74.5 cm³/mol. The number of amides is 1. The van der Waals surface area contributed by atoms with E-state index < -0.39 is 0 Å². The van der Waals surface area contributed by atoms with Crippen LogP contribution in [0.1, 0.15) is 16.2 Å². The highest BCUT2D eigenvalue weighted by Crippen LogP contribution is 2.15. The molecule has 1 aromatic carbocycles. The third-order valence-corrected chi connectivity index (χ3v) is 2.85. The van der Waals surface area contributed by atoms with Crippen LogP contribution in [0.3, 0.4) is 0 Å². The molecule has 0 aliphatic rings. The number of nitrogens with zero attached hydrogens (tertiary/aromatic N) is 4. The van der Waals surface area contributed by atoms with E-state index in [1.165, 1.54) is 0 Å². The van der Waals surface area contributed by atoms with E-state index in [0.717, 1.165) is 11.3 Å². The molecule has 19 heavy (non-hydrogen) atoms. The maximum Gasteiger partial charge on any atom is 0.293 e. The van der Waals surface area contributed by atoms with Gasteiger partial charge in [-0.1, -0.05) is 18.2 Å². The standard InChI is InChI=1S/C13H17N5O/c1-9-7-5-6-8-10(9)14-12(19)11-15-16-13(17(2)3)18(11)4/h5-8H,1-4H3,(H,14,19). The molecule has 1 aromatic heterocycles. The van der Waals surface area contributed by atoms with Crippen LogP contribution in [0.5, 0.6) is 0 Å². The molecule has 2 rings (SSSR count). The third-order valence-electron chi connectivity index (χ3n) is 2.85. The van der Waals surface area contributed by atoms with Crippen molar-refractivity contribution in [3.05, 3.63) is 35.7 Å². The molecule has 1 amide bonds. The minimum atomic E-state index is -0.266. The Hall–Kier alpha value is -2.37. The van der Waals surface area contributed by atoms with E-state index in [9.17, 15) is 4.79 Å². The van der Waals surface area contributed by atoms with Crippen LogP contribution in [0.2, 0.25) is 0 Å². The Morgan fingerprint density at radius 1 is 1.26 bits per heavy atom. The summed E-state index contributed by atoms with van der Waals surface area (Å²) < 4.78 is 1.66. The first-order valence-electron chi connectivity index (χ1n) is 5.94. The van der Waals surface area contributed by atoms with Gasteiger partial charge in [0.1, 0.15) is 0 Å². The number of benzene rings is 1. The van der Waals surface area contributed by atoms with Gasteiger partial charge in [-0.2, -0.15) is 0 Å². The zero-order chi connectivity index (χ0) is 14.0. The van der Waals surface area contributed by atoms with E-state index in [4.69, 9.17) is 0 Å². The number of carbonyl (C=O) groups is 1. The van der Waals surface area contributed by atoms with Crippen LogP contribution in [-0.2, 0) is 7.05 Å². The molecule has 0 saturated heterocycles. The van der Waals surface area contributed by atoms with E-state index in [2.05, 4.69) is 15.5 Å². The van der Waals surface area contributed by atoms with Crippen molar-refractivity contribution in [2.45, 2.75) is 6.92 Å². The Morgan fingerprint density at radius 3 is 2.53 bits per heavy atom. The number of aromatic nitrogens is 3. The third kappa shape index (κ3) is 2.57. The Morgan fingerprint density at radius 2 is 1.95 bits per heavy atom. The van der Waals surface area contributed by atoms with Gasteiger partial charge in [0.25, 0.3) is 5.91 Å². The van der Waals surface area contributed by atoms with Crippen LogP contribution in [-0.4, -0.2) is 34.8 Å². The quantitative estimate of drug-likeness (QED) is 0.906. The molecule has 1 N–H and O–H groups in total. The molecular formula is C13H17N5O. The number of para-hydroxylation sites is 1. The van der Waals surface area contributed by atoms with Crippen LogP contribution in [0.15, 0.2) is 24.3 Å². The van der Waals surface area contributed by atoms with Crippen molar-refractivity contribution in [2.24, 2.45) is 7.05 Å². The van der Waals surface area contributed by atoms with E-state index in [1.807, 2.05) is 45.3 Å². The van der Waals surface area contributed by atoms with Crippen molar-refractivity contribution in [2.75, 3.05) is 24.3 Å². The summed E-state index contributed by atoms with van der Waals surface area (Å²) in [7, 11) is 5.47. The van der Waals surface area contributed by atoms with Gasteiger partial charge in [0.2, 0.25) is 11.8 Å². The van der Waals surface area contributed by atoms with Crippen molar-refractivity contribution in [3.63, 3.8) is 0 Å². The van der Waals surface area contributed by atoms with Crippen LogP contribution in [0, 0.1) is 6.92 Å². The zero-order valence-corrected chi connectivity index (χ0v) is 11.5. The molecule has 0 saturated carbocycles. The molecular weight excluding hydrogens is 242 g/mol. The van der Waals surface area contributed by atoms with E-state index >= 15 is 0 Å². The van der Waals surface area contributed by atoms with Crippen molar-refractivity contribution < 1.29 is 4.79 Å². The second-order valence-electron chi connectivity index (χ2n) is 4.55. The Kier molecular flexibility index (Phi) is 3.50. The van der Waals surface area contributed by atoms with Crippen LogP contribution in [0.4, 0.5) is 11.6 Å². The number of hydrogen-bond acceptors (Lipinski definition) is 4. The molecule has 6 nitrogen and oxygen atoms in total. The SMILES string of the molecule is Cc1ccccc1NC(=O)c1nnc(N(C)C)n1C. The van der Waals surface area contributed by atoms with E-state index in [-0.39, 0.29) is 11.7 Å². The fourth-order valence-corrected chi connectivity index (χ4v) is 1.80. The number of aryl methyl sites for hydroxylation is 1. The summed E-state index contributed by atoms with van der Waals surface area (Å²) in [5.41, 5.74) is 1.78. The van der Waals surface area contributed by atoms with Crippen molar-refractivity contribution in [1.82, 2.24) is 14.8 Å². The van der Waals surface area contributed by atoms with Gasteiger partial charge >= 0.3 is 0 Å². The van der Waals surface area contributed by atoms with Gasteiger partial charge in [0.15, 0.2) is 0 Å². The molecule has 0 atom stereocenters. The second-order valence-corrected chi connectivity index (χ2v) is 4.55. The molecule has 0 spiro atoms. The highest BCUT2D eigenvalue weighted by molar-refractivity contribution is 6.02. The number of carbonyl (C=O) groups excluding carboxylic acids is 1. The molecule has 100 valence electrons. The number of nitrogens with one attached hydrogen (secondary N) is 1. The molecule has 0 fully saturated rings. The Labute approximate surface area is 112 Å². The molecule has 2 aromatic rings. The molecule has 1 heterocycles. The molecule has 0 bridgehead atoms. The van der Waals surface area contributed by atoms with Crippen LogP contribution in [0.25, 0.3) is 0 Å². The summed E-state index contributed by atoms with van der Waals surface area (Å²) in [5, 5.41) is 10.7. The highest BCUT2D eigenvalue weighted by Gasteiger charge is 2.17. The van der Waals surface area contributed by atoms with Gasteiger partial charge in [-0.15, -0.1) is 10.2 Å². The Balaban J connectivity index is 2.24. The van der Waals surface area contributed by atoms with E-state index in [0.29, 0.717) is 5.95 Å². The fraction of sp³-hybridized carbons (Fsp3) is 0.308. The first kappa shape index (κ1) is 13.1.